The second kappa shape index (κ2) is 8.12. The highest BCUT2D eigenvalue weighted by atomic mass is 32.2. The van der Waals surface area contributed by atoms with Crippen LogP contribution in [-0.2, 0) is 10.0 Å². The second-order valence-electron chi connectivity index (χ2n) is 6.80. The molecule has 1 aromatic heterocycles. The Kier molecular flexibility index (Phi) is 5.58. The summed E-state index contributed by atoms with van der Waals surface area (Å²) in [6, 6.07) is 13.1. The zero-order chi connectivity index (χ0) is 19.6. The Balaban J connectivity index is 1.33. The Bertz CT molecular complexity index is 1040. The van der Waals surface area contributed by atoms with Crippen molar-refractivity contribution in [2.75, 3.05) is 39.3 Å². The van der Waals surface area contributed by atoms with E-state index in [1.54, 1.807) is 22.5 Å². The van der Waals surface area contributed by atoms with Gasteiger partial charge in [0.2, 0.25) is 10.0 Å². The summed E-state index contributed by atoms with van der Waals surface area (Å²) in [6.07, 6.45) is 0. The number of piperazine rings is 1. The van der Waals surface area contributed by atoms with Crippen molar-refractivity contribution < 1.29 is 13.2 Å². The zero-order valence-electron chi connectivity index (χ0n) is 15.6. The SMILES string of the molecule is Cc1ccc(OCCN2CCN(S(=O)(=O)c3cccc4nsnc34)CC2)cc1. The van der Waals surface area contributed by atoms with Gasteiger partial charge in [-0.15, -0.1) is 0 Å². The average molecular weight is 419 g/mol. The fourth-order valence-corrected chi connectivity index (χ4v) is 5.42. The molecule has 1 fully saturated rings. The number of fused-ring (bicyclic) bond motifs is 1. The van der Waals surface area contributed by atoms with Crippen LogP contribution in [0.25, 0.3) is 11.0 Å². The molecule has 2 aromatic carbocycles. The van der Waals surface area contributed by atoms with E-state index in [2.05, 4.69) is 13.6 Å². The van der Waals surface area contributed by atoms with E-state index in [9.17, 15) is 8.42 Å². The van der Waals surface area contributed by atoms with Crippen molar-refractivity contribution in [3.05, 3.63) is 48.0 Å². The van der Waals surface area contributed by atoms with E-state index < -0.39 is 10.0 Å². The Morgan fingerprint density at radius 2 is 1.79 bits per heavy atom. The summed E-state index contributed by atoms with van der Waals surface area (Å²) < 4.78 is 41.7. The molecule has 1 aliphatic rings. The highest BCUT2D eigenvalue weighted by molar-refractivity contribution is 7.89. The number of hydrogen-bond donors (Lipinski definition) is 0. The molecule has 1 aliphatic heterocycles. The number of aryl methyl sites for hydroxylation is 1. The van der Waals surface area contributed by atoms with Crippen LogP contribution in [0.2, 0.25) is 0 Å². The van der Waals surface area contributed by atoms with Crippen LogP contribution in [0.1, 0.15) is 5.56 Å². The van der Waals surface area contributed by atoms with E-state index >= 15 is 0 Å². The van der Waals surface area contributed by atoms with Gasteiger partial charge in [0.15, 0.2) is 0 Å². The van der Waals surface area contributed by atoms with Gasteiger partial charge in [0.25, 0.3) is 0 Å². The lowest BCUT2D eigenvalue weighted by Crippen LogP contribution is -2.49. The van der Waals surface area contributed by atoms with Crippen molar-refractivity contribution in [2.24, 2.45) is 0 Å². The minimum atomic E-state index is -3.57. The molecule has 0 N–H and O–H groups in total. The molecule has 0 spiro atoms. The summed E-state index contributed by atoms with van der Waals surface area (Å²) in [5, 5.41) is 0. The number of rotatable bonds is 6. The number of hydrogen-bond acceptors (Lipinski definition) is 7. The maximum atomic E-state index is 13.1. The summed E-state index contributed by atoms with van der Waals surface area (Å²) in [4.78, 5) is 2.47. The summed E-state index contributed by atoms with van der Waals surface area (Å²) in [5.41, 5.74) is 2.29. The van der Waals surface area contributed by atoms with Gasteiger partial charge in [-0.2, -0.15) is 13.1 Å². The van der Waals surface area contributed by atoms with Crippen molar-refractivity contribution in [3.8, 4) is 5.75 Å². The average Bonchev–Trinajstić information content (AvgIpc) is 3.19. The van der Waals surface area contributed by atoms with Gasteiger partial charge in [-0.3, -0.25) is 4.90 Å². The van der Waals surface area contributed by atoms with Gasteiger partial charge in [0, 0.05) is 32.7 Å². The molecule has 0 bridgehead atoms. The highest BCUT2D eigenvalue weighted by Gasteiger charge is 2.30. The van der Waals surface area contributed by atoms with E-state index in [4.69, 9.17) is 4.74 Å². The van der Waals surface area contributed by atoms with Gasteiger partial charge in [0.05, 0.1) is 11.7 Å². The van der Waals surface area contributed by atoms with Crippen LogP contribution in [0.5, 0.6) is 5.75 Å². The van der Waals surface area contributed by atoms with E-state index in [1.807, 2.05) is 31.2 Å². The smallest absolute Gasteiger partial charge is 0.245 e. The molecule has 0 amide bonds. The number of sulfonamides is 1. The Morgan fingerprint density at radius 1 is 1.04 bits per heavy atom. The van der Waals surface area contributed by atoms with E-state index in [0.29, 0.717) is 43.8 Å². The lowest BCUT2D eigenvalue weighted by molar-refractivity contribution is 0.159. The molecule has 9 heteroatoms. The fourth-order valence-electron chi connectivity index (χ4n) is 3.25. The molecule has 148 valence electrons. The first-order valence-corrected chi connectivity index (χ1v) is 11.3. The lowest BCUT2D eigenvalue weighted by Gasteiger charge is -2.33. The standard InChI is InChI=1S/C19H22N4O3S2/c1-15-5-7-16(8-6-15)26-14-13-22-9-11-23(12-10-22)28(24,25)18-4-2-3-17-19(18)21-27-20-17/h2-8H,9-14H2,1H3. The molecule has 0 aliphatic carbocycles. The summed E-state index contributed by atoms with van der Waals surface area (Å²) >= 11 is 1.03. The normalized spacial score (nSPS) is 16.5. The van der Waals surface area contributed by atoms with E-state index in [1.165, 1.54) is 5.56 Å². The topological polar surface area (TPSA) is 75.6 Å². The maximum absolute atomic E-state index is 13.1. The van der Waals surface area contributed by atoms with Crippen molar-refractivity contribution in [1.82, 2.24) is 18.0 Å². The van der Waals surface area contributed by atoms with Gasteiger partial charge in [-0.1, -0.05) is 23.8 Å². The predicted molar refractivity (Wildman–Crippen MR) is 109 cm³/mol. The first-order valence-electron chi connectivity index (χ1n) is 9.17. The van der Waals surface area contributed by atoms with E-state index in [0.717, 1.165) is 24.0 Å². The van der Waals surface area contributed by atoms with Crippen LogP contribution in [0.3, 0.4) is 0 Å². The predicted octanol–water partition coefficient (Wildman–Crippen LogP) is 2.39. The third kappa shape index (κ3) is 4.02. The van der Waals surface area contributed by atoms with Crippen LogP contribution in [0.15, 0.2) is 47.4 Å². The first kappa shape index (κ1) is 19.3. The molecule has 0 saturated carbocycles. The highest BCUT2D eigenvalue weighted by Crippen LogP contribution is 2.25. The molecule has 1 saturated heterocycles. The molecule has 4 rings (SSSR count). The molecule has 2 heterocycles. The zero-order valence-corrected chi connectivity index (χ0v) is 17.2. The monoisotopic (exact) mass is 418 g/mol. The minimum Gasteiger partial charge on any atom is -0.492 e. The first-order chi connectivity index (χ1) is 13.5. The Morgan fingerprint density at radius 3 is 2.54 bits per heavy atom. The Hall–Kier alpha value is -2.07. The summed E-state index contributed by atoms with van der Waals surface area (Å²) in [5.74, 6) is 0.858. The van der Waals surface area contributed by atoms with Crippen LogP contribution in [0, 0.1) is 6.92 Å². The van der Waals surface area contributed by atoms with Crippen LogP contribution in [-0.4, -0.2) is 65.7 Å². The molecular weight excluding hydrogens is 396 g/mol. The van der Waals surface area contributed by atoms with Crippen molar-refractivity contribution >= 4 is 32.8 Å². The Labute approximate surface area is 168 Å². The van der Waals surface area contributed by atoms with E-state index in [-0.39, 0.29) is 4.90 Å². The van der Waals surface area contributed by atoms with Crippen LogP contribution < -0.4 is 4.74 Å². The largest absolute Gasteiger partial charge is 0.492 e. The van der Waals surface area contributed by atoms with Gasteiger partial charge >= 0.3 is 0 Å². The minimum absolute atomic E-state index is 0.245. The molecule has 0 unspecified atom stereocenters. The molecule has 28 heavy (non-hydrogen) atoms. The number of nitrogens with zero attached hydrogens (tertiary/aromatic N) is 4. The molecule has 0 atom stereocenters. The third-order valence-electron chi connectivity index (χ3n) is 4.90. The molecule has 3 aromatic rings. The summed E-state index contributed by atoms with van der Waals surface area (Å²) in [6.45, 7) is 5.68. The maximum Gasteiger partial charge on any atom is 0.245 e. The molecular formula is C19H22N4O3S2. The van der Waals surface area contributed by atoms with Crippen molar-refractivity contribution in [3.63, 3.8) is 0 Å². The van der Waals surface area contributed by atoms with Crippen molar-refractivity contribution in [2.45, 2.75) is 11.8 Å². The number of aromatic nitrogens is 2. The molecule has 7 nitrogen and oxygen atoms in total. The van der Waals surface area contributed by atoms with Crippen LogP contribution >= 0.6 is 11.7 Å². The van der Waals surface area contributed by atoms with Gasteiger partial charge in [-0.05, 0) is 31.2 Å². The quantitative estimate of drug-likeness (QED) is 0.612. The van der Waals surface area contributed by atoms with Gasteiger partial charge < -0.3 is 4.74 Å². The molecule has 0 radical (unpaired) electrons. The second-order valence-corrected chi connectivity index (χ2v) is 9.23. The third-order valence-corrected chi connectivity index (χ3v) is 7.37. The number of ether oxygens (including phenoxy) is 1. The number of benzene rings is 2. The van der Waals surface area contributed by atoms with Gasteiger partial charge in [-0.25, -0.2) is 8.42 Å². The van der Waals surface area contributed by atoms with Crippen LogP contribution in [0.4, 0.5) is 0 Å². The summed E-state index contributed by atoms with van der Waals surface area (Å²) in [7, 11) is -3.57. The van der Waals surface area contributed by atoms with Gasteiger partial charge in [0.1, 0.15) is 28.3 Å². The van der Waals surface area contributed by atoms with Crippen molar-refractivity contribution in [1.29, 1.82) is 0 Å². The fraction of sp³-hybridized carbons (Fsp3) is 0.368. The lowest BCUT2D eigenvalue weighted by atomic mass is 10.2.